The van der Waals surface area contributed by atoms with Crippen LogP contribution in [-0.4, -0.2) is 76.8 Å². The van der Waals surface area contributed by atoms with Gasteiger partial charge in [0, 0.05) is 43.4 Å². The van der Waals surface area contributed by atoms with Crippen LogP contribution in [0.1, 0.15) is 82.2 Å². The minimum Gasteiger partial charge on any atom is -0.458 e. The first-order valence-electron chi connectivity index (χ1n) is 17.6. The highest BCUT2D eigenvalue weighted by Gasteiger charge is 2.29. The Hall–Kier alpha value is -4.94. The molecule has 1 saturated heterocycles. The summed E-state index contributed by atoms with van der Waals surface area (Å²) in [5, 5.41) is 12.0. The quantitative estimate of drug-likeness (QED) is 0.195. The lowest BCUT2D eigenvalue weighted by atomic mass is 9.92. The SMILES string of the molecule is CCc1c(NC[C@H](NC(=O)OCc2ccccc2)C(=O)N[C@@H](C)C(=O)OC(C)(C)C)ncnc1N1CCC(c2ccc3c(n2)NCCC3)CC1. The summed E-state index contributed by atoms with van der Waals surface area (Å²) in [5.41, 5.74) is 3.43. The van der Waals surface area contributed by atoms with E-state index in [2.05, 4.69) is 48.3 Å². The van der Waals surface area contributed by atoms with Crippen LogP contribution in [0.15, 0.2) is 48.8 Å². The molecule has 268 valence electrons. The highest BCUT2D eigenvalue weighted by Crippen LogP contribution is 2.33. The number of ether oxygens (including phenoxy) is 2. The van der Waals surface area contributed by atoms with E-state index < -0.39 is 35.7 Å². The Balaban J connectivity index is 1.25. The number of hydrogen-bond acceptors (Lipinski definition) is 11. The average molecular weight is 687 g/mol. The van der Waals surface area contributed by atoms with Gasteiger partial charge in [0.2, 0.25) is 5.91 Å². The van der Waals surface area contributed by atoms with Crippen LogP contribution in [0.3, 0.4) is 0 Å². The van der Waals surface area contributed by atoms with Gasteiger partial charge in [-0.05, 0) is 77.0 Å². The van der Waals surface area contributed by atoms with Crippen molar-refractivity contribution >= 4 is 35.4 Å². The Morgan fingerprint density at radius 3 is 2.52 bits per heavy atom. The predicted molar refractivity (Wildman–Crippen MR) is 192 cm³/mol. The van der Waals surface area contributed by atoms with Crippen LogP contribution in [0.2, 0.25) is 0 Å². The number of amides is 2. The van der Waals surface area contributed by atoms with Crippen LogP contribution in [0, 0.1) is 0 Å². The summed E-state index contributed by atoms with van der Waals surface area (Å²) in [4.78, 5) is 55.4. The lowest BCUT2D eigenvalue weighted by Gasteiger charge is -2.34. The van der Waals surface area contributed by atoms with Crippen LogP contribution >= 0.6 is 0 Å². The van der Waals surface area contributed by atoms with Crippen molar-refractivity contribution in [2.45, 2.75) is 96.9 Å². The molecule has 4 heterocycles. The molecule has 0 aliphatic carbocycles. The first kappa shape index (κ1) is 36.3. The maximum Gasteiger partial charge on any atom is 0.408 e. The molecule has 2 aliphatic heterocycles. The molecule has 13 heteroatoms. The van der Waals surface area contributed by atoms with Crippen molar-refractivity contribution in [2.24, 2.45) is 0 Å². The summed E-state index contributed by atoms with van der Waals surface area (Å²) in [6.07, 6.45) is 5.51. The lowest BCUT2D eigenvalue weighted by molar-refractivity contribution is -0.158. The van der Waals surface area contributed by atoms with Gasteiger partial charge < -0.3 is 35.6 Å². The van der Waals surface area contributed by atoms with E-state index in [1.165, 1.54) is 18.8 Å². The van der Waals surface area contributed by atoms with Crippen LogP contribution < -0.4 is 26.2 Å². The summed E-state index contributed by atoms with van der Waals surface area (Å²) in [5.74, 6) is 1.66. The summed E-state index contributed by atoms with van der Waals surface area (Å²) in [6.45, 7) is 11.5. The van der Waals surface area contributed by atoms with Crippen molar-refractivity contribution in [2.75, 3.05) is 41.7 Å². The zero-order chi connectivity index (χ0) is 35.7. The molecule has 0 radical (unpaired) electrons. The Bertz CT molecular complexity index is 1620. The Labute approximate surface area is 294 Å². The van der Waals surface area contributed by atoms with E-state index in [1.54, 1.807) is 20.8 Å². The van der Waals surface area contributed by atoms with Crippen molar-refractivity contribution < 1.29 is 23.9 Å². The third kappa shape index (κ3) is 9.82. The van der Waals surface area contributed by atoms with Gasteiger partial charge in [-0.3, -0.25) is 4.79 Å². The van der Waals surface area contributed by atoms with Gasteiger partial charge in [-0.2, -0.15) is 0 Å². The Morgan fingerprint density at radius 2 is 1.80 bits per heavy atom. The van der Waals surface area contributed by atoms with Gasteiger partial charge in [0.1, 0.15) is 48.1 Å². The molecular formula is C37H50N8O5. The number of esters is 1. The molecule has 2 amide bonds. The largest absolute Gasteiger partial charge is 0.458 e. The Kier molecular flexibility index (Phi) is 12.1. The molecular weight excluding hydrogens is 636 g/mol. The number of aromatic nitrogens is 3. The molecule has 0 spiro atoms. The summed E-state index contributed by atoms with van der Waals surface area (Å²) >= 11 is 0. The molecule has 0 unspecified atom stereocenters. The number of anilines is 3. The fourth-order valence-corrected chi connectivity index (χ4v) is 6.19. The fraction of sp³-hybridized carbons (Fsp3) is 0.514. The number of pyridine rings is 1. The van der Waals surface area contributed by atoms with E-state index >= 15 is 0 Å². The maximum atomic E-state index is 13.5. The van der Waals surface area contributed by atoms with Crippen LogP contribution in [0.25, 0.3) is 0 Å². The fourth-order valence-electron chi connectivity index (χ4n) is 6.19. The Morgan fingerprint density at radius 1 is 1.04 bits per heavy atom. The van der Waals surface area contributed by atoms with Crippen LogP contribution in [0.4, 0.5) is 22.2 Å². The molecule has 1 fully saturated rings. The van der Waals surface area contributed by atoms with Crippen molar-refractivity contribution in [3.63, 3.8) is 0 Å². The van der Waals surface area contributed by atoms with Crippen molar-refractivity contribution in [1.82, 2.24) is 25.6 Å². The second-order valence-electron chi connectivity index (χ2n) is 13.8. The van der Waals surface area contributed by atoms with Gasteiger partial charge >= 0.3 is 12.1 Å². The maximum absolute atomic E-state index is 13.5. The zero-order valence-corrected chi connectivity index (χ0v) is 29.8. The number of carbonyl (C=O) groups is 3. The van der Waals surface area contributed by atoms with E-state index in [4.69, 9.17) is 14.5 Å². The average Bonchev–Trinajstić information content (AvgIpc) is 3.11. The van der Waals surface area contributed by atoms with Gasteiger partial charge in [-0.15, -0.1) is 0 Å². The van der Waals surface area contributed by atoms with Gasteiger partial charge in [0.15, 0.2) is 0 Å². The van der Waals surface area contributed by atoms with Gasteiger partial charge in [-0.25, -0.2) is 24.5 Å². The van der Waals surface area contributed by atoms with Crippen molar-refractivity contribution in [3.05, 3.63) is 71.2 Å². The number of hydrogen-bond donors (Lipinski definition) is 4. The van der Waals surface area contributed by atoms with E-state index in [9.17, 15) is 14.4 Å². The number of nitrogens with one attached hydrogen (secondary N) is 4. The third-order valence-corrected chi connectivity index (χ3v) is 8.82. The minimum atomic E-state index is -1.10. The molecule has 13 nitrogen and oxygen atoms in total. The number of carbonyl (C=O) groups excluding carboxylic acids is 3. The van der Waals surface area contributed by atoms with E-state index in [-0.39, 0.29) is 13.2 Å². The number of benzene rings is 1. The van der Waals surface area contributed by atoms with E-state index in [0.29, 0.717) is 18.2 Å². The van der Waals surface area contributed by atoms with Crippen LogP contribution in [-0.2, 0) is 38.5 Å². The van der Waals surface area contributed by atoms with Crippen molar-refractivity contribution in [3.8, 4) is 0 Å². The molecule has 2 aliphatic rings. The zero-order valence-electron chi connectivity index (χ0n) is 29.8. The second-order valence-corrected chi connectivity index (χ2v) is 13.8. The molecule has 2 aromatic heterocycles. The highest BCUT2D eigenvalue weighted by atomic mass is 16.6. The monoisotopic (exact) mass is 686 g/mol. The topological polar surface area (TPSA) is 160 Å². The number of alkyl carbamates (subject to hydrolysis) is 1. The summed E-state index contributed by atoms with van der Waals surface area (Å²) < 4.78 is 10.8. The molecule has 50 heavy (non-hydrogen) atoms. The number of nitrogens with zero attached hydrogens (tertiary/aromatic N) is 4. The normalized spacial score (nSPS) is 15.9. The highest BCUT2D eigenvalue weighted by molar-refractivity contribution is 5.90. The van der Waals surface area contributed by atoms with Crippen LogP contribution in [0.5, 0.6) is 0 Å². The molecule has 4 N–H and O–H groups in total. The second kappa shape index (κ2) is 16.6. The summed E-state index contributed by atoms with van der Waals surface area (Å²) in [6, 6.07) is 11.6. The molecule has 5 rings (SSSR count). The molecule has 3 aromatic rings. The molecule has 0 saturated carbocycles. The first-order chi connectivity index (χ1) is 24.0. The number of rotatable bonds is 12. The predicted octanol–water partition coefficient (Wildman–Crippen LogP) is 4.73. The standard InChI is InChI=1S/C37H50N8O5/c1-6-28-32(40-23-41-33(28)45-19-16-26(17-20-45)29-15-14-27-13-10-18-38-31(27)43-29)39-21-30(34(46)42-24(2)35(47)50-37(3,4)5)44-36(48)49-22-25-11-8-7-9-12-25/h7-9,11-12,14-15,23-24,26,30H,6,10,13,16-22H2,1-5H3,(H,38,43)(H,42,46)(H,44,48)(H,39,40,41)/t24-,30-/m0/s1. The molecule has 2 atom stereocenters. The molecule has 1 aromatic carbocycles. The number of aryl methyl sites for hydroxylation is 1. The molecule has 0 bridgehead atoms. The summed E-state index contributed by atoms with van der Waals surface area (Å²) in [7, 11) is 0. The lowest BCUT2D eigenvalue weighted by Crippen LogP contribution is -2.54. The van der Waals surface area contributed by atoms with E-state index in [1.807, 2.05) is 37.3 Å². The van der Waals surface area contributed by atoms with E-state index in [0.717, 1.165) is 73.8 Å². The van der Waals surface area contributed by atoms with Gasteiger partial charge in [0.05, 0.1) is 0 Å². The van der Waals surface area contributed by atoms with Crippen molar-refractivity contribution in [1.29, 1.82) is 0 Å². The first-order valence-corrected chi connectivity index (χ1v) is 17.6. The minimum absolute atomic E-state index is 0.0170. The number of piperidine rings is 1. The third-order valence-electron chi connectivity index (χ3n) is 8.82. The number of fused-ring (bicyclic) bond motifs is 1. The smallest absolute Gasteiger partial charge is 0.408 e. The van der Waals surface area contributed by atoms with Gasteiger partial charge in [-0.1, -0.05) is 43.3 Å². The van der Waals surface area contributed by atoms with Gasteiger partial charge in [0.25, 0.3) is 0 Å².